The lowest BCUT2D eigenvalue weighted by Gasteiger charge is -2.10. The lowest BCUT2D eigenvalue weighted by atomic mass is 10.2. The van der Waals surface area contributed by atoms with Crippen molar-refractivity contribution in [2.24, 2.45) is 0 Å². The molecule has 2 aromatic rings. The van der Waals surface area contributed by atoms with Gasteiger partial charge in [-0.25, -0.2) is 4.39 Å². The van der Waals surface area contributed by atoms with Crippen molar-refractivity contribution in [3.05, 3.63) is 47.8 Å². The van der Waals surface area contributed by atoms with Crippen molar-refractivity contribution < 1.29 is 9.13 Å². The first-order valence-corrected chi connectivity index (χ1v) is 5.56. The Hall–Kier alpha value is -2.23. The van der Waals surface area contributed by atoms with Crippen LogP contribution in [0.3, 0.4) is 0 Å². The number of ether oxygens (including phenoxy) is 1. The number of nitrogens with one attached hydrogen (secondary N) is 1. The fourth-order valence-corrected chi connectivity index (χ4v) is 1.79. The van der Waals surface area contributed by atoms with Gasteiger partial charge in [0, 0.05) is 23.1 Å². The highest BCUT2D eigenvalue weighted by Crippen LogP contribution is 2.25. The van der Waals surface area contributed by atoms with E-state index in [1.807, 2.05) is 25.1 Å². The monoisotopic (exact) mass is 246 g/mol. The molecule has 0 saturated heterocycles. The second kappa shape index (κ2) is 4.96. The molecule has 0 aliphatic heterocycles. The molecule has 0 spiro atoms. The second-order valence-corrected chi connectivity index (χ2v) is 4.11. The third-order valence-corrected chi connectivity index (χ3v) is 2.54. The van der Waals surface area contributed by atoms with Crippen LogP contribution in [-0.4, -0.2) is 7.11 Å². The van der Waals surface area contributed by atoms with E-state index >= 15 is 0 Å². The standard InChI is InChI=1S/C14H15FN2O/c1-9-5-10(16)7-12(6-9)17-11-3-4-13(15)14(8-11)18-2/h3-8,17H,16H2,1-2H3. The molecule has 18 heavy (non-hydrogen) atoms. The van der Waals surface area contributed by atoms with Crippen LogP contribution in [0.5, 0.6) is 5.75 Å². The fourth-order valence-electron chi connectivity index (χ4n) is 1.79. The van der Waals surface area contributed by atoms with Crippen LogP contribution < -0.4 is 15.8 Å². The summed E-state index contributed by atoms with van der Waals surface area (Å²) < 4.78 is 18.2. The largest absolute Gasteiger partial charge is 0.494 e. The fraction of sp³-hybridized carbons (Fsp3) is 0.143. The number of halogens is 1. The Morgan fingerprint density at radius 1 is 1.11 bits per heavy atom. The highest BCUT2D eigenvalue weighted by Gasteiger charge is 2.04. The van der Waals surface area contributed by atoms with E-state index in [-0.39, 0.29) is 11.6 Å². The van der Waals surface area contributed by atoms with Crippen molar-refractivity contribution in [1.82, 2.24) is 0 Å². The van der Waals surface area contributed by atoms with Gasteiger partial charge in [0.15, 0.2) is 11.6 Å². The van der Waals surface area contributed by atoms with Crippen LogP contribution >= 0.6 is 0 Å². The van der Waals surface area contributed by atoms with E-state index in [1.54, 1.807) is 12.1 Å². The first kappa shape index (κ1) is 12.2. The number of rotatable bonds is 3. The maximum atomic E-state index is 13.3. The van der Waals surface area contributed by atoms with Gasteiger partial charge in [0.25, 0.3) is 0 Å². The topological polar surface area (TPSA) is 47.3 Å². The van der Waals surface area contributed by atoms with Crippen LogP contribution in [0.15, 0.2) is 36.4 Å². The Kier molecular flexibility index (Phi) is 3.37. The molecule has 3 nitrogen and oxygen atoms in total. The summed E-state index contributed by atoms with van der Waals surface area (Å²) in [6.07, 6.45) is 0. The molecule has 0 bridgehead atoms. The average molecular weight is 246 g/mol. The maximum Gasteiger partial charge on any atom is 0.165 e. The Bertz CT molecular complexity index is 549. The van der Waals surface area contributed by atoms with E-state index in [4.69, 9.17) is 10.5 Å². The second-order valence-electron chi connectivity index (χ2n) is 4.11. The van der Waals surface area contributed by atoms with Crippen molar-refractivity contribution in [2.45, 2.75) is 6.92 Å². The van der Waals surface area contributed by atoms with Crippen molar-refractivity contribution in [1.29, 1.82) is 0 Å². The Morgan fingerprint density at radius 2 is 1.89 bits per heavy atom. The molecule has 0 amide bonds. The first-order valence-electron chi connectivity index (χ1n) is 5.56. The number of hydrogen-bond acceptors (Lipinski definition) is 3. The molecular weight excluding hydrogens is 231 g/mol. The quantitative estimate of drug-likeness (QED) is 0.815. The van der Waals surface area contributed by atoms with E-state index in [2.05, 4.69) is 5.32 Å². The van der Waals surface area contributed by atoms with Gasteiger partial charge in [0.1, 0.15) is 0 Å². The van der Waals surface area contributed by atoms with Crippen LogP contribution in [0.4, 0.5) is 21.5 Å². The molecule has 0 aliphatic rings. The normalized spacial score (nSPS) is 10.2. The third-order valence-electron chi connectivity index (χ3n) is 2.54. The van der Waals surface area contributed by atoms with Crippen molar-refractivity contribution in [3.63, 3.8) is 0 Å². The van der Waals surface area contributed by atoms with E-state index in [0.29, 0.717) is 5.69 Å². The molecular formula is C14H15FN2O. The average Bonchev–Trinajstić information content (AvgIpc) is 2.30. The zero-order valence-electron chi connectivity index (χ0n) is 10.3. The minimum Gasteiger partial charge on any atom is -0.494 e. The molecule has 0 unspecified atom stereocenters. The molecule has 4 heteroatoms. The molecule has 2 rings (SSSR count). The van der Waals surface area contributed by atoms with Crippen LogP contribution in [0, 0.1) is 12.7 Å². The van der Waals surface area contributed by atoms with Crippen LogP contribution in [0.25, 0.3) is 0 Å². The lowest BCUT2D eigenvalue weighted by Crippen LogP contribution is -1.95. The van der Waals surface area contributed by atoms with Gasteiger partial charge >= 0.3 is 0 Å². The summed E-state index contributed by atoms with van der Waals surface area (Å²) in [6, 6.07) is 10.3. The first-order chi connectivity index (χ1) is 8.58. The molecule has 0 aromatic heterocycles. The lowest BCUT2D eigenvalue weighted by molar-refractivity contribution is 0.387. The van der Waals surface area contributed by atoms with Crippen LogP contribution in [0.2, 0.25) is 0 Å². The van der Waals surface area contributed by atoms with Gasteiger partial charge in [-0.3, -0.25) is 0 Å². The van der Waals surface area contributed by atoms with Gasteiger partial charge in [0.2, 0.25) is 0 Å². The highest BCUT2D eigenvalue weighted by atomic mass is 19.1. The molecule has 0 radical (unpaired) electrons. The number of hydrogen-bond donors (Lipinski definition) is 2. The van der Waals surface area contributed by atoms with E-state index in [0.717, 1.165) is 16.9 Å². The summed E-state index contributed by atoms with van der Waals surface area (Å²) in [5, 5.41) is 3.16. The summed E-state index contributed by atoms with van der Waals surface area (Å²) >= 11 is 0. The number of nitrogen functional groups attached to an aromatic ring is 1. The van der Waals surface area contributed by atoms with E-state index < -0.39 is 0 Å². The molecule has 2 aromatic carbocycles. The molecule has 0 heterocycles. The molecule has 0 aliphatic carbocycles. The predicted octanol–water partition coefficient (Wildman–Crippen LogP) is 3.47. The highest BCUT2D eigenvalue weighted by molar-refractivity contribution is 5.65. The SMILES string of the molecule is COc1cc(Nc2cc(C)cc(N)c2)ccc1F. The van der Waals surface area contributed by atoms with Gasteiger partial charge in [-0.15, -0.1) is 0 Å². The van der Waals surface area contributed by atoms with Crippen LogP contribution in [0.1, 0.15) is 5.56 Å². The molecule has 94 valence electrons. The predicted molar refractivity (Wildman–Crippen MR) is 71.8 cm³/mol. The van der Waals surface area contributed by atoms with E-state index in [1.165, 1.54) is 13.2 Å². The summed E-state index contributed by atoms with van der Waals surface area (Å²) in [5.74, 6) is -0.174. The number of anilines is 3. The van der Waals surface area contributed by atoms with Gasteiger partial charge in [-0.2, -0.15) is 0 Å². The van der Waals surface area contributed by atoms with Gasteiger partial charge in [0.05, 0.1) is 7.11 Å². The number of nitrogens with two attached hydrogens (primary N) is 1. The van der Waals surface area contributed by atoms with Gasteiger partial charge < -0.3 is 15.8 Å². The molecule has 0 saturated carbocycles. The summed E-state index contributed by atoms with van der Waals surface area (Å²) in [4.78, 5) is 0. The summed E-state index contributed by atoms with van der Waals surface area (Å²) in [7, 11) is 1.44. The minimum absolute atomic E-state index is 0.209. The van der Waals surface area contributed by atoms with Crippen molar-refractivity contribution in [2.75, 3.05) is 18.2 Å². The summed E-state index contributed by atoms with van der Waals surface area (Å²) in [5.41, 5.74) is 9.13. The Balaban J connectivity index is 2.28. The zero-order chi connectivity index (χ0) is 13.1. The molecule has 0 atom stereocenters. The van der Waals surface area contributed by atoms with Gasteiger partial charge in [-0.1, -0.05) is 0 Å². The zero-order valence-corrected chi connectivity index (χ0v) is 10.3. The number of aryl methyl sites for hydroxylation is 1. The maximum absolute atomic E-state index is 13.3. The molecule has 3 N–H and O–H groups in total. The smallest absolute Gasteiger partial charge is 0.165 e. The van der Waals surface area contributed by atoms with Gasteiger partial charge in [-0.05, 0) is 42.8 Å². The van der Waals surface area contributed by atoms with Crippen molar-refractivity contribution in [3.8, 4) is 5.75 Å². The minimum atomic E-state index is -0.383. The molecule has 0 fully saturated rings. The van der Waals surface area contributed by atoms with Crippen molar-refractivity contribution >= 4 is 17.1 Å². The number of benzene rings is 2. The van der Waals surface area contributed by atoms with Crippen LogP contribution in [-0.2, 0) is 0 Å². The third kappa shape index (κ3) is 2.71. The Morgan fingerprint density at radius 3 is 2.56 bits per heavy atom. The Labute approximate surface area is 105 Å². The summed E-state index contributed by atoms with van der Waals surface area (Å²) in [6.45, 7) is 1.97. The number of methoxy groups -OCH3 is 1. The van der Waals surface area contributed by atoms with E-state index in [9.17, 15) is 4.39 Å².